The number of aliphatic hydroxyl groups excluding tert-OH is 2. The second-order valence-corrected chi connectivity index (χ2v) is 10.0. The molecule has 0 unspecified atom stereocenters. The molecule has 1 aliphatic rings. The van der Waals surface area contributed by atoms with Crippen LogP contribution in [0.4, 0.5) is 23.4 Å². The maximum atomic E-state index is 14.1. The summed E-state index contributed by atoms with van der Waals surface area (Å²) in [7, 11) is -4.26. The Bertz CT molecular complexity index is 1470. The van der Waals surface area contributed by atoms with Gasteiger partial charge < -0.3 is 15.5 Å². The van der Waals surface area contributed by atoms with E-state index in [0.29, 0.717) is 18.2 Å². The number of aromatic nitrogens is 4. The van der Waals surface area contributed by atoms with Crippen molar-refractivity contribution in [3.63, 3.8) is 0 Å². The molecule has 3 aromatic rings. The maximum Gasteiger partial charge on any atom is 0.416 e. The number of nitrogens with one attached hydrogen (secondary N) is 1. The molecule has 39 heavy (non-hydrogen) atoms. The highest BCUT2D eigenvalue weighted by molar-refractivity contribution is 7.84. The van der Waals surface area contributed by atoms with Gasteiger partial charge in [-0.25, -0.2) is 19.5 Å². The first kappa shape index (κ1) is 28.5. The third kappa shape index (κ3) is 6.74. The van der Waals surface area contributed by atoms with Crippen molar-refractivity contribution in [2.75, 3.05) is 11.9 Å². The van der Waals surface area contributed by atoms with E-state index in [-0.39, 0.29) is 35.6 Å². The van der Waals surface area contributed by atoms with Crippen LogP contribution in [0, 0.1) is 11.7 Å². The Labute approximate surface area is 218 Å². The van der Waals surface area contributed by atoms with Crippen LogP contribution in [0.25, 0.3) is 0 Å². The molecule has 1 saturated carbocycles. The number of anilines is 1. The van der Waals surface area contributed by atoms with Crippen molar-refractivity contribution >= 4 is 21.9 Å². The van der Waals surface area contributed by atoms with Gasteiger partial charge in [-0.1, -0.05) is 0 Å². The minimum atomic E-state index is -4.66. The largest absolute Gasteiger partial charge is 0.416 e. The molecule has 1 aromatic carbocycles. The molecule has 210 valence electrons. The van der Waals surface area contributed by atoms with Gasteiger partial charge in [0.25, 0.3) is 0 Å². The van der Waals surface area contributed by atoms with E-state index in [1.165, 1.54) is 18.5 Å². The quantitative estimate of drug-likeness (QED) is 0.211. The topological polar surface area (TPSA) is 183 Å². The lowest BCUT2D eigenvalue weighted by atomic mass is 10.1. The number of aliphatic hydroxyl groups is 2. The summed E-state index contributed by atoms with van der Waals surface area (Å²) >= 11 is 0. The van der Waals surface area contributed by atoms with Gasteiger partial charge in [0.1, 0.15) is 29.8 Å². The van der Waals surface area contributed by atoms with Gasteiger partial charge in [0.2, 0.25) is 5.78 Å². The van der Waals surface area contributed by atoms with Crippen molar-refractivity contribution in [3.05, 3.63) is 71.2 Å². The fraction of sp³-hybridized carbons (Fsp3) is 0.364. The Balaban J connectivity index is 1.50. The van der Waals surface area contributed by atoms with Crippen LogP contribution < -0.4 is 10.5 Å². The number of rotatable bonds is 9. The van der Waals surface area contributed by atoms with Crippen LogP contribution in [0.15, 0.2) is 43.0 Å². The summed E-state index contributed by atoms with van der Waals surface area (Å²) in [6.45, 7) is -0.859. The molecule has 0 spiro atoms. The third-order valence-corrected chi connectivity index (χ3v) is 6.57. The fourth-order valence-electron chi connectivity index (χ4n) is 4.16. The number of hydrogen-bond acceptors (Lipinski definition) is 10. The molecule has 12 nitrogen and oxygen atoms in total. The Morgan fingerprint density at radius 2 is 1.97 bits per heavy atom. The summed E-state index contributed by atoms with van der Waals surface area (Å²) in [5.74, 6) is -2.40. The van der Waals surface area contributed by atoms with Gasteiger partial charge in [-0.05, 0) is 30.7 Å². The van der Waals surface area contributed by atoms with Crippen molar-refractivity contribution in [2.45, 2.75) is 37.4 Å². The molecule has 0 radical (unpaired) electrons. The van der Waals surface area contributed by atoms with Crippen LogP contribution in [0.5, 0.6) is 0 Å². The van der Waals surface area contributed by atoms with Gasteiger partial charge in [-0.15, -0.1) is 0 Å². The minimum Gasteiger partial charge on any atom is -0.390 e. The summed E-state index contributed by atoms with van der Waals surface area (Å²) in [6, 6.07) is 2.40. The highest BCUT2D eigenvalue weighted by Gasteiger charge is 2.42. The Morgan fingerprint density at radius 1 is 1.23 bits per heavy atom. The van der Waals surface area contributed by atoms with E-state index in [1.807, 2.05) is 0 Å². The molecule has 0 amide bonds. The number of halogens is 4. The van der Waals surface area contributed by atoms with Crippen LogP contribution in [0.2, 0.25) is 0 Å². The van der Waals surface area contributed by atoms with Crippen LogP contribution in [-0.4, -0.2) is 69.0 Å². The fourth-order valence-corrected chi connectivity index (χ4v) is 4.52. The average Bonchev–Trinajstić information content (AvgIpc) is 3.43. The molecular formula is C22H22F4N6O6S. The number of benzene rings is 1. The number of alkyl halides is 3. The number of carbonyl (C=O) groups is 1. The van der Waals surface area contributed by atoms with Crippen molar-refractivity contribution in [1.82, 2.24) is 19.7 Å². The SMILES string of the molecule is NS(=O)(=O)OC[C@H]1C[C@@H](Nc2ncncc2C(=O)c2ccn(Cc3cc(C(F)(F)F)ccc3F)n2)[C@H](O)[C@@H]1O. The number of nitrogens with zero attached hydrogens (tertiary/aromatic N) is 4. The molecule has 5 N–H and O–H groups in total. The van der Waals surface area contributed by atoms with Crippen LogP contribution in [0.3, 0.4) is 0 Å². The first-order valence-corrected chi connectivity index (χ1v) is 12.7. The molecule has 17 heteroatoms. The third-order valence-electron chi connectivity index (χ3n) is 6.11. The zero-order valence-corrected chi connectivity index (χ0v) is 20.6. The van der Waals surface area contributed by atoms with Gasteiger partial charge >= 0.3 is 16.5 Å². The minimum absolute atomic E-state index is 0.0299. The normalized spacial score (nSPS) is 21.7. The lowest BCUT2D eigenvalue weighted by Gasteiger charge is -2.19. The predicted molar refractivity (Wildman–Crippen MR) is 125 cm³/mol. The zero-order valence-electron chi connectivity index (χ0n) is 19.8. The maximum absolute atomic E-state index is 14.1. The summed E-state index contributed by atoms with van der Waals surface area (Å²) in [4.78, 5) is 21.0. The number of hydrogen-bond donors (Lipinski definition) is 4. The lowest BCUT2D eigenvalue weighted by molar-refractivity contribution is -0.137. The highest BCUT2D eigenvalue weighted by atomic mass is 32.2. The summed E-state index contributed by atoms with van der Waals surface area (Å²) in [5, 5.41) is 32.3. The van der Waals surface area contributed by atoms with E-state index in [9.17, 15) is 41.0 Å². The first-order chi connectivity index (χ1) is 18.2. The van der Waals surface area contributed by atoms with Gasteiger partial charge in [-0.2, -0.15) is 26.7 Å². The number of carbonyl (C=O) groups excluding carboxylic acids is 1. The monoisotopic (exact) mass is 574 g/mol. The van der Waals surface area contributed by atoms with Crippen molar-refractivity contribution in [3.8, 4) is 0 Å². The Morgan fingerprint density at radius 3 is 2.67 bits per heavy atom. The molecular weight excluding hydrogens is 552 g/mol. The molecule has 4 rings (SSSR count). The molecule has 2 aromatic heterocycles. The molecule has 0 bridgehead atoms. The van der Waals surface area contributed by atoms with E-state index in [4.69, 9.17) is 5.14 Å². The molecule has 0 saturated heterocycles. The van der Waals surface area contributed by atoms with Gasteiger partial charge in [0.05, 0.1) is 36.4 Å². The van der Waals surface area contributed by atoms with Gasteiger partial charge in [-0.3, -0.25) is 13.7 Å². The van der Waals surface area contributed by atoms with E-state index in [2.05, 4.69) is 24.6 Å². The van der Waals surface area contributed by atoms with Gasteiger partial charge in [0.15, 0.2) is 0 Å². The number of ketones is 1. The van der Waals surface area contributed by atoms with Crippen molar-refractivity contribution < 1.29 is 45.2 Å². The predicted octanol–water partition coefficient (Wildman–Crippen LogP) is 0.853. The second kappa shape index (κ2) is 10.9. The van der Waals surface area contributed by atoms with E-state index < -0.39 is 64.4 Å². The molecule has 0 aliphatic heterocycles. The molecule has 1 aliphatic carbocycles. The van der Waals surface area contributed by atoms with E-state index in [1.54, 1.807) is 0 Å². The lowest BCUT2D eigenvalue weighted by Crippen LogP contribution is -2.36. The van der Waals surface area contributed by atoms with Crippen LogP contribution in [-0.2, 0) is 27.2 Å². The van der Waals surface area contributed by atoms with Crippen LogP contribution in [0.1, 0.15) is 33.6 Å². The van der Waals surface area contributed by atoms with Crippen molar-refractivity contribution in [1.29, 1.82) is 0 Å². The zero-order chi connectivity index (χ0) is 28.5. The van der Waals surface area contributed by atoms with E-state index in [0.717, 1.165) is 11.0 Å². The summed E-state index contributed by atoms with van der Waals surface area (Å²) in [6.07, 6.45) is -3.79. The summed E-state index contributed by atoms with van der Waals surface area (Å²) < 4.78 is 80.8. The Kier molecular flexibility index (Phi) is 7.99. The molecule has 4 atom stereocenters. The van der Waals surface area contributed by atoms with E-state index >= 15 is 0 Å². The van der Waals surface area contributed by atoms with Crippen molar-refractivity contribution in [2.24, 2.45) is 11.1 Å². The number of nitrogens with two attached hydrogens (primary N) is 1. The highest BCUT2D eigenvalue weighted by Crippen LogP contribution is 2.31. The molecule has 1 fully saturated rings. The first-order valence-electron chi connectivity index (χ1n) is 11.3. The standard InChI is InChI=1S/C22H22F4N6O6S/c23-15-2-1-13(22(24,25)26)5-11(15)8-32-4-3-16(31-32)19(34)14-7-28-10-29-21(14)30-17-6-12(18(33)20(17)35)9-38-39(27,36)37/h1-5,7,10,12,17-18,20,33,35H,6,8-9H2,(H2,27,36,37)(H,28,29,30)/t12-,17-,18-,20+/m1/s1. The Hall–Kier alpha value is -3.51. The smallest absolute Gasteiger partial charge is 0.390 e. The van der Waals surface area contributed by atoms with Gasteiger partial charge in [0, 0.05) is 23.9 Å². The molecule has 2 heterocycles. The average molecular weight is 575 g/mol. The second-order valence-electron chi connectivity index (χ2n) is 8.82. The summed E-state index contributed by atoms with van der Waals surface area (Å²) in [5.41, 5.74) is -1.55. The van der Waals surface area contributed by atoms with Crippen LogP contribution >= 0.6 is 0 Å².